The Balaban J connectivity index is 3.35. The van der Waals surface area contributed by atoms with Gasteiger partial charge in [-0.1, -0.05) is 70.8 Å². The van der Waals surface area contributed by atoms with Gasteiger partial charge in [0.2, 0.25) is 5.91 Å². The van der Waals surface area contributed by atoms with E-state index in [4.69, 9.17) is 4.55 Å². The molecule has 0 aliphatic carbocycles. The second-order valence-electron chi connectivity index (χ2n) is 6.30. The molecule has 0 unspecified atom stereocenters. The molecule has 0 rings (SSSR count). The minimum Gasteiger partial charge on any atom is -0.353 e. The van der Waals surface area contributed by atoms with Gasteiger partial charge in [-0.25, -0.2) is 0 Å². The van der Waals surface area contributed by atoms with Gasteiger partial charge in [-0.2, -0.15) is 8.42 Å². The van der Waals surface area contributed by atoms with E-state index >= 15 is 0 Å². The Labute approximate surface area is 148 Å². The number of hydrogen-bond acceptors (Lipinski definition) is 3. The molecular weight excluding hydrogens is 326 g/mol. The first-order valence-corrected chi connectivity index (χ1v) is 11.0. The predicted molar refractivity (Wildman–Crippen MR) is 99.6 cm³/mol. The minimum atomic E-state index is -3.93. The van der Waals surface area contributed by atoms with E-state index in [1.807, 2.05) is 6.08 Å². The second-order valence-corrected chi connectivity index (χ2v) is 7.88. The number of rotatable bonds is 16. The van der Waals surface area contributed by atoms with E-state index in [0.29, 0.717) is 0 Å². The maximum absolute atomic E-state index is 11.4. The highest BCUT2D eigenvalue weighted by atomic mass is 32.2. The molecule has 1 amide bonds. The van der Waals surface area contributed by atoms with Gasteiger partial charge in [0.25, 0.3) is 10.1 Å². The number of hydrogen-bond donors (Lipinski definition) is 2. The van der Waals surface area contributed by atoms with Crippen LogP contribution in [0.3, 0.4) is 0 Å². The molecular formula is C18H35NO4S. The van der Waals surface area contributed by atoms with Crippen molar-refractivity contribution >= 4 is 16.0 Å². The van der Waals surface area contributed by atoms with E-state index in [1.54, 1.807) is 0 Å². The first kappa shape index (κ1) is 23.1. The third-order valence-corrected chi connectivity index (χ3v) is 4.68. The highest BCUT2D eigenvalue weighted by molar-refractivity contribution is 7.85. The van der Waals surface area contributed by atoms with Gasteiger partial charge in [0.1, 0.15) is 0 Å². The quantitative estimate of drug-likeness (QED) is 0.244. The summed E-state index contributed by atoms with van der Waals surface area (Å²) < 4.78 is 29.6. The van der Waals surface area contributed by atoms with Gasteiger partial charge in [0.15, 0.2) is 0 Å². The Kier molecular flexibility index (Phi) is 15.1. The summed E-state index contributed by atoms with van der Waals surface area (Å²) in [6.07, 6.45) is 17.5. The first-order valence-electron chi connectivity index (χ1n) is 9.35. The summed E-state index contributed by atoms with van der Waals surface area (Å²) in [6, 6.07) is 0. The Morgan fingerprint density at radius 3 is 2.00 bits per heavy atom. The molecule has 2 N–H and O–H groups in total. The van der Waals surface area contributed by atoms with Crippen LogP contribution >= 0.6 is 0 Å². The topological polar surface area (TPSA) is 83.5 Å². The van der Waals surface area contributed by atoms with Gasteiger partial charge in [-0.05, 0) is 25.3 Å². The van der Waals surface area contributed by atoms with Crippen molar-refractivity contribution in [2.24, 2.45) is 0 Å². The van der Waals surface area contributed by atoms with Crippen LogP contribution in [0.2, 0.25) is 0 Å². The Morgan fingerprint density at radius 2 is 1.46 bits per heavy atom. The van der Waals surface area contributed by atoms with E-state index in [2.05, 4.69) is 12.2 Å². The maximum atomic E-state index is 11.4. The van der Waals surface area contributed by atoms with Gasteiger partial charge >= 0.3 is 0 Å². The zero-order chi connectivity index (χ0) is 18.1. The molecule has 0 aromatic rings. The highest BCUT2D eigenvalue weighted by Crippen LogP contribution is 2.11. The molecule has 0 fully saturated rings. The van der Waals surface area contributed by atoms with Crippen molar-refractivity contribution in [1.82, 2.24) is 5.32 Å². The molecule has 0 aromatic carbocycles. The normalized spacial score (nSPS) is 11.9. The zero-order valence-corrected chi connectivity index (χ0v) is 16.0. The van der Waals surface area contributed by atoms with E-state index in [9.17, 15) is 13.2 Å². The third-order valence-electron chi connectivity index (χ3n) is 3.87. The lowest BCUT2D eigenvalue weighted by atomic mass is 10.1. The van der Waals surface area contributed by atoms with Crippen LogP contribution < -0.4 is 5.32 Å². The molecule has 0 aliphatic rings. The minimum absolute atomic E-state index is 0.211. The maximum Gasteiger partial charge on any atom is 0.264 e. The lowest BCUT2D eigenvalue weighted by Crippen LogP contribution is -2.23. The molecule has 6 heteroatoms. The van der Waals surface area contributed by atoms with Crippen LogP contribution in [0.1, 0.15) is 84.0 Å². The summed E-state index contributed by atoms with van der Waals surface area (Å²) in [6.45, 7) is 2.49. The summed E-state index contributed by atoms with van der Waals surface area (Å²) in [7, 11) is -3.93. The molecule has 0 heterocycles. The molecule has 5 nitrogen and oxygen atoms in total. The molecule has 0 spiro atoms. The van der Waals surface area contributed by atoms with Crippen LogP contribution in [0.25, 0.3) is 0 Å². The van der Waals surface area contributed by atoms with Crippen LogP contribution in [-0.2, 0) is 14.9 Å². The zero-order valence-electron chi connectivity index (χ0n) is 15.1. The fraction of sp³-hybridized carbons (Fsp3) is 0.833. The second kappa shape index (κ2) is 15.6. The van der Waals surface area contributed by atoms with Crippen LogP contribution in [0.15, 0.2) is 12.2 Å². The summed E-state index contributed by atoms with van der Waals surface area (Å²) in [4.78, 5) is 11.4. The highest BCUT2D eigenvalue weighted by Gasteiger charge is 2.03. The Bertz CT molecular complexity index is 432. The van der Waals surface area contributed by atoms with E-state index in [1.165, 1.54) is 63.9 Å². The smallest absolute Gasteiger partial charge is 0.264 e. The van der Waals surface area contributed by atoms with Crippen molar-refractivity contribution in [3.05, 3.63) is 12.2 Å². The first-order chi connectivity index (χ1) is 11.5. The van der Waals surface area contributed by atoms with Crippen LogP contribution in [-0.4, -0.2) is 31.2 Å². The molecule has 0 atom stereocenters. The molecule has 0 aliphatic heterocycles. The fourth-order valence-corrected chi connectivity index (χ4v) is 2.97. The number of amides is 1. The molecule has 0 saturated carbocycles. The van der Waals surface area contributed by atoms with Gasteiger partial charge in [-0.3, -0.25) is 9.35 Å². The summed E-state index contributed by atoms with van der Waals surface area (Å²) >= 11 is 0. The third kappa shape index (κ3) is 19.2. The lowest BCUT2D eigenvalue weighted by Gasteiger charge is -2.01. The average molecular weight is 362 g/mol. The number of allylic oxidation sites excluding steroid dienone is 1. The van der Waals surface area contributed by atoms with Gasteiger partial charge in [0.05, 0.1) is 5.75 Å². The molecule has 0 radical (unpaired) electrons. The molecule has 24 heavy (non-hydrogen) atoms. The Hall–Kier alpha value is -0.880. The Morgan fingerprint density at radius 1 is 0.917 bits per heavy atom. The molecule has 0 bridgehead atoms. The number of carbonyl (C=O) groups excluding carboxylic acids is 1. The summed E-state index contributed by atoms with van der Waals surface area (Å²) in [5.41, 5.74) is 0. The number of nitrogens with one attached hydrogen (secondary N) is 1. The predicted octanol–water partition coefficient (Wildman–Crippen LogP) is 4.25. The van der Waals surface area contributed by atoms with Crippen LogP contribution in [0.4, 0.5) is 0 Å². The van der Waals surface area contributed by atoms with Crippen molar-refractivity contribution < 1.29 is 17.8 Å². The van der Waals surface area contributed by atoms with Crippen molar-refractivity contribution in [3.63, 3.8) is 0 Å². The van der Waals surface area contributed by atoms with Crippen molar-refractivity contribution in [1.29, 1.82) is 0 Å². The lowest BCUT2D eigenvalue weighted by molar-refractivity contribution is -0.116. The largest absolute Gasteiger partial charge is 0.353 e. The summed E-state index contributed by atoms with van der Waals surface area (Å²) in [5.74, 6) is -0.535. The number of unbranched alkanes of at least 4 members (excludes halogenated alkanes) is 10. The van der Waals surface area contributed by atoms with E-state index in [0.717, 1.165) is 12.8 Å². The standard InChI is InChI=1S/C18H35NO4S/c1-2-3-4-5-6-7-8-9-10-11-12-13-15-18(20)19-16-14-17-24(21,22)23/h13,15H,2-12,14,16-17H2,1H3,(H,19,20)(H,21,22,23)/b15-13+. The summed E-state index contributed by atoms with van der Waals surface area (Å²) in [5, 5.41) is 2.59. The van der Waals surface area contributed by atoms with Gasteiger partial charge in [-0.15, -0.1) is 0 Å². The van der Waals surface area contributed by atoms with Crippen LogP contribution in [0, 0.1) is 0 Å². The SMILES string of the molecule is CCCCCCCCCCCC/C=C/C(=O)NCCCS(=O)(=O)O. The van der Waals surface area contributed by atoms with Gasteiger partial charge in [0, 0.05) is 6.54 Å². The molecule has 142 valence electrons. The molecule has 0 saturated heterocycles. The fourth-order valence-electron chi connectivity index (χ4n) is 2.47. The van der Waals surface area contributed by atoms with E-state index < -0.39 is 10.1 Å². The van der Waals surface area contributed by atoms with Crippen molar-refractivity contribution in [3.8, 4) is 0 Å². The average Bonchev–Trinajstić information content (AvgIpc) is 2.52. The number of carbonyl (C=O) groups is 1. The van der Waals surface area contributed by atoms with Crippen molar-refractivity contribution in [2.45, 2.75) is 84.0 Å². The monoisotopic (exact) mass is 361 g/mol. The molecule has 0 aromatic heterocycles. The van der Waals surface area contributed by atoms with Crippen LogP contribution in [0.5, 0.6) is 0 Å². The van der Waals surface area contributed by atoms with Gasteiger partial charge < -0.3 is 5.32 Å². The van der Waals surface area contributed by atoms with Crippen molar-refractivity contribution in [2.75, 3.05) is 12.3 Å². The van der Waals surface area contributed by atoms with E-state index in [-0.39, 0.29) is 24.6 Å².